The first kappa shape index (κ1) is 18.7. The maximum Gasteiger partial charge on any atom is 0.328 e. The van der Waals surface area contributed by atoms with Crippen molar-refractivity contribution in [1.82, 2.24) is 9.80 Å². The van der Waals surface area contributed by atoms with E-state index in [1.165, 1.54) is 18.2 Å². The van der Waals surface area contributed by atoms with Crippen LogP contribution in [0.25, 0.3) is 0 Å². The van der Waals surface area contributed by atoms with Crippen LogP contribution in [0.3, 0.4) is 0 Å². The molecule has 0 aromatic heterocycles. The van der Waals surface area contributed by atoms with Crippen LogP contribution in [0.15, 0.2) is 54.6 Å². The molecule has 1 fully saturated rings. The van der Waals surface area contributed by atoms with E-state index >= 15 is 0 Å². The van der Waals surface area contributed by atoms with Gasteiger partial charge in [-0.05, 0) is 37.0 Å². The summed E-state index contributed by atoms with van der Waals surface area (Å²) in [6, 6.07) is 17.2. The molecule has 1 amide bonds. The minimum absolute atomic E-state index is 0.00540. The van der Waals surface area contributed by atoms with Crippen LogP contribution in [0.4, 0.5) is 0 Å². The highest BCUT2D eigenvalue weighted by Crippen LogP contribution is 2.40. The van der Waals surface area contributed by atoms with E-state index in [0.717, 1.165) is 5.56 Å². The Morgan fingerprint density at radius 1 is 1.11 bits per heavy atom. The quantitative estimate of drug-likeness (QED) is 0.768. The predicted octanol–water partition coefficient (Wildman–Crippen LogP) is 2.78. The Balaban J connectivity index is 1.70. The summed E-state index contributed by atoms with van der Waals surface area (Å²) in [5.74, 6) is -0.367. The number of hydrogen-bond acceptors (Lipinski definition) is 4. The average molecular weight is 378 g/mol. The standard InChI is InChI=1S/C23H26N2O3/c1-23(2)24-15-18-12-8-7-11-17(18)14-19(24)21(26)25(23)20(22(27)28-3)13-16-9-5-4-6-10-16/h4-12,19-20H,13-15H2,1-3H3/t19-,20-/m0/s1. The SMILES string of the molecule is COC(=O)[C@H](Cc1ccccc1)N1C(=O)[C@@H]2Cc3ccccc3CN2C1(C)C. The number of carbonyl (C=O) groups is 2. The summed E-state index contributed by atoms with van der Waals surface area (Å²) in [4.78, 5) is 30.2. The third-order valence-corrected chi connectivity index (χ3v) is 6.12. The Morgan fingerprint density at radius 3 is 2.43 bits per heavy atom. The topological polar surface area (TPSA) is 49.9 Å². The van der Waals surface area contributed by atoms with E-state index in [1.54, 1.807) is 4.90 Å². The smallest absolute Gasteiger partial charge is 0.328 e. The van der Waals surface area contributed by atoms with E-state index in [2.05, 4.69) is 17.0 Å². The largest absolute Gasteiger partial charge is 0.467 e. The van der Waals surface area contributed by atoms with Gasteiger partial charge in [-0.1, -0.05) is 54.6 Å². The number of benzene rings is 2. The van der Waals surface area contributed by atoms with E-state index < -0.39 is 11.7 Å². The Morgan fingerprint density at radius 2 is 1.75 bits per heavy atom. The molecule has 2 aliphatic rings. The molecule has 5 heteroatoms. The first-order chi connectivity index (χ1) is 13.4. The minimum Gasteiger partial charge on any atom is -0.467 e. The summed E-state index contributed by atoms with van der Waals surface area (Å²) in [6.45, 7) is 4.76. The summed E-state index contributed by atoms with van der Waals surface area (Å²) in [6.07, 6.45) is 1.12. The highest BCUT2D eigenvalue weighted by molar-refractivity contribution is 5.90. The Bertz CT molecular complexity index is 894. The van der Waals surface area contributed by atoms with Crippen LogP contribution in [0.5, 0.6) is 0 Å². The molecule has 2 atom stereocenters. The van der Waals surface area contributed by atoms with Crippen molar-refractivity contribution in [2.24, 2.45) is 0 Å². The molecule has 0 unspecified atom stereocenters. The molecule has 2 heterocycles. The molecule has 0 N–H and O–H groups in total. The molecule has 4 rings (SSSR count). The number of nitrogens with zero attached hydrogens (tertiary/aromatic N) is 2. The van der Waals surface area contributed by atoms with Crippen molar-refractivity contribution in [2.45, 2.75) is 51.0 Å². The monoisotopic (exact) mass is 378 g/mol. The maximum absolute atomic E-state index is 13.5. The zero-order valence-corrected chi connectivity index (χ0v) is 16.6. The Hall–Kier alpha value is -2.66. The van der Waals surface area contributed by atoms with Gasteiger partial charge in [0.15, 0.2) is 0 Å². The van der Waals surface area contributed by atoms with Crippen LogP contribution in [0, 0.1) is 0 Å². The highest BCUT2D eigenvalue weighted by Gasteiger charge is 2.56. The summed E-state index contributed by atoms with van der Waals surface area (Å²) in [5.41, 5.74) is 2.89. The second kappa shape index (κ2) is 7.06. The van der Waals surface area contributed by atoms with E-state index in [9.17, 15) is 9.59 Å². The third-order valence-electron chi connectivity index (χ3n) is 6.12. The van der Waals surface area contributed by atoms with E-state index in [-0.39, 0.29) is 17.9 Å². The van der Waals surface area contributed by atoms with Gasteiger partial charge in [0.05, 0.1) is 18.8 Å². The minimum atomic E-state index is -0.649. The van der Waals surface area contributed by atoms with Crippen LogP contribution in [0.2, 0.25) is 0 Å². The van der Waals surface area contributed by atoms with Gasteiger partial charge in [0.25, 0.3) is 0 Å². The Labute approximate surface area is 165 Å². The molecular weight excluding hydrogens is 352 g/mol. The number of hydrogen-bond donors (Lipinski definition) is 0. The van der Waals surface area contributed by atoms with Gasteiger partial charge in [-0.15, -0.1) is 0 Å². The number of ether oxygens (including phenoxy) is 1. The number of amides is 1. The molecule has 2 aromatic rings. The van der Waals surface area contributed by atoms with Crippen molar-refractivity contribution < 1.29 is 14.3 Å². The second-order valence-corrected chi connectivity index (χ2v) is 8.05. The molecule has 0 aliphatic carbocycles. The van der Waals surface area contributed by atoms with Crippen molar-refractivity contribution in [3.63, 3.8) is 0 Å². The lowest BCUT2D eigenvalue weighted by atomic mass is 9.94. The lowest BCUT2D eigenvalue weighted by Gasteiger charge is -2.42. The third kappa shape index (κ3) is 3.00. The van der Waals surface area contributed by atoms with Crippen molar-refractivity contribution in [3.8, 4) is 0 Å². The molecule has 0 saturated carbocycles. The fraction of sp³-hybridized carbons (Fsp3) is 0.391. The fourth-order valence-electron chi connectivity index (χ4n) is 4.68. The predicted molar refractivity (Wildman–Crippen MR) is 106 cm³/mol. The molecule has 2 aromatic carbocycles. The van der Waals surface area contributed by atoms with Gasteiger partial charge in [0, 0.05) is 13.0 Å². The van der Waals surface area contributed by atoms with E-state index in [0.29, 0.717) is 19.4 Å². The van der Waals surface area contributed by atoms with Crippen LogP contribution in [-0.2, 0) is 33.7 Å². The molecule has 5 nitrogen and oxygen atoms in total. The van der Waals surface area contributed by atoms with Gasteiger partial charge in [0.2, 0.25) is 5.91 Å². The van der Waals surface area contributed by atoms with Gasteiger partial charge in [-0.2, -0.15) is 0 Å². The van der Waals surface area contributed by atoms with Crippen molar-refractivity contribution >= 4 is 11.9 Å². The number of carbonyl (C=O) groups excluding carboxylic acids is 2. The number of rotatable bonds is 4. The second-order valence-electron chi connectivity index (χ2n) is 8.05. The first-order valence-corrected chi connectivity index (χ1v) is 9.72. The van der Waals surface area contributed by atoms with Gasteiger partial charge >= 0.3 is 5.97 Å². The molecule has 2 aliphatic heterocycles. The highest BCUT2D eigenvalue weighted by atomic mass is 16.5. The Kier molecular flexibility index (Phi) is 4.71. The number of methoxy groups -OCH3 is 1. The van der Waals surface area contributed by atoms with Gasteiger partial charge < -0.3 is 9.64 Å². The van der Waals surface area contributed by atoms with E-state index in [1.807, 2.05) is 56.3 Å². The number of esters is 1. The van der Waals surface area contributed by atoms with E-state index in [4.69, 9.17) is 4.74 Å². The normalized spacial score (nSPS) is 21.8. The molecule has 0 spiro atoms. The molecule has 0 radical (unpaired) electrons. The summed E-state index contributed by atoms with van der Waals surface area (Å²) >= 11 is 0. The van der Waals surface area contributed by atoms with Crippen LogP contribution >= 0.6 is 0 Å². The summed E-state index contributed by atoms with van der Waals surface area (Å²) in [7, 11) is 1.39. The zero-order valence-electron chi connectivity index (χ0n) is 16.6. The number of fused-ring (bicyclic) bond motifs is 2. The summed E-state index contributed by atoms with van der Waals surface area (Å²) < 4.78 is 5.10. The maximum atomic E-state index is 13.5. The lowest BCUT2D eigenvalue weighted by Crippen LogP contribution is -2.56. The van der Waals surface area contributed by atoms with Gasteiger partial charge in [-0.3, -0.25) is 9.69 Å². The lowest BCUT2D eigenvalue weighted by molar-refractivity contribution is -0.155. The summed E-state index contributed by atoms with van der Waals surface area (Å²) in [5, 5.41) is 0. The van der Waals surface area contributed by atoms with Gasteiger partial charge in [0.1, 0.15) is 6.04 Å². The van der Waals surface area contributed by atoms with Crippen LogP contribution in [0.1, 0.15) is 30.5 Å². The first-order valence-electron chi connectivity index (χ1n) is 9.72. The molecule has 1 saturated heterocycles. The average Bonchev–Trinajstić information content (AvgIpc) is 2.90. The molecule has 0 bridgehead atoms. The van der Waals surface area contributed by atoms with Crippen molar-refractivity contribution in [1.29, 1.82) is 0 Å². The van der Waals surface area contributed by atoms with Crippen LogP contribution < -0.4 is 0 Å². The van der Waals surface area contributed by atoms with Crippen molar-refractivity contribution in [2.75, 3.05) is 7.11 Å². The van der Waals surface area contributed by atoms with Gasteiger partial charge in [-0.25, -0.2) is 4.79 Å². The molecule has 28 heavy (non-hydrogen) atoms. The zero-order chi connectivity index (χ0) is 19.9. The molecular formula is C23H26N2O3. The molecule has 146 valence electrons. The van der Waals surface area contributed by atoms with Crippen LogP contribution in [-0.4, -0.2) is 46.5 Å². The van der Waals surface area contributed by atoms with Crippen molar-refractivity contribution in [3.05, 3.63) is 71.3 Å². The fourth-order valence-corrected chi connectivity index (χ4v) is 4.68.